The van der Waals surface area contributed by atoms with Gasteiger partial charge in [0.1, 0.15) is 11.9 Å². The van der Waals surface area contributed by atoms with Gasteiger partial charge in [-0.05, 0) is 20.3 Å². The zero-order chi connectivity index (χ0) is 23.3. The van der Waals surface area contributed by atoms with Crippen LogP contribution in [0.25, 0.3) is 0 Å². The largest absolute Gasteiger partial charge is 0.455 e. The molecule has 2 N–H and O–H groups in total. The van der Waals surface area contributed by atoms with Gasteiger partial charge in [0.05, 0.1) is 34.7 Å². The van der Waals surface area contributed by atoms with Gasteiger partial charge in [0.15, 0.2) is 0 Å². The van der Waals surface area contributed by atoms with Gasteiger partial charge in [-0.2, -0.15) is 0 Å². The zero-order valence-electron chi connectivity index (χ0n) is 19.3. The van der Waals surface area contributed by atoms with Crippen LogP contribution in [-0.4, -0.2) is 39.2 Å². The first-order chi connectivity index (χ1) is 14.4. The Balaban J connectivity index is 2.36. The van der Waals surface area contributed by atoms with Crippen LogP contribution in [0.3, 0.4) is 0 Å². The van der Waals surface area contributed by atoms with Crippen LogP contribution in [0.15, 0.2) is 29.2 Å². The number of thiazole rings is 1. The number of aliphatic hydroxyl groups excluding tert-OH is 2. The van der Waals surface area contributed by atoms with Crippen LogP contribution in [-0.2, 0) is 14.3 Å². The summed E-state index contributed by atoms with van der Waals surface area (Å²) >= 11 is 1.49. The molecular formula is C24H35NO5S. The molecule has 1 aliphatic rings. The smallest absolute Gasteiger partial charge is 0.309 e. The maximum Gasteiger partial charge on any atom is 0.309 e. The minimum Gasteiger partial charge on any atom is -0.455 e. The Morgan fingerprint density at radius 1 is 1.19 bits per heavy atom. The topological polar surface area (TPSA) is 96.7 Å². The number of cyclic esters (lactones) is 1. The summed E-state index contributed by atoms with van der Waals surface area (Å²) in [5.74, 6) is -1.77. The third-order valence-corrected chi connectivity index (χ3v) is 6.88. The van der Waals surface area contributed by atoms with Crippen LogP contribution >= 0.6 is 11.3 Å². The van der Waals surface area contributed by atoms with E-state index in [1.807, 2.05) is 44.4 Å². The lowest BCUT2D eigenvalue weighted by Gasteiger charge is -2.34. The van der Waals surface area contributed by atoms with Crippen LogP contribution in [0.1, 0.15) is 70.7 Å². The number of rotatable bonds is 1. The van der Waals surface area contributed by atoms with Crippen LogP contribution < -0.4 is 0 Å². The van der Waals surface area contributed by atoms with E-state index in [0.717, 1.165) is 10.6 Å². The minimum absolute atomic E-state index is 0.219. The van der Waals surface area contributed by atoms with Crippen molar-refractivity contribution in [3.63, 3.8) is 0 Å². The molecule has 7 heteroatoms. The second-order valence-electron chi connectivity index (χ2n) is 9.13. The van der Waals surface area contributed by atoms with E-state index in [1.165, 1.54) is 11.3 Å². The molecule has 1 aromatic rings. The molecule has 1 aliphatic heterocycles. The van der Waals surface area contributed by atoms with Crippen molar-refractivity contribution < 1.29 is 24.5 Å². The maximum atomic E-state index is 13.1. The number of esters is 1. The molecule has 0 spiro atoms. The van der Waals surface area contributed by atoms with Crippen molar-refractivity contribution in [3.8, 4) is 0 Å². The number of ether oxygens (including phenoxy) is 1. The van der Waals surface area contributed by atoms with E-state index in [9.17, 15) is 19.8 Å². The van der Waals surface area contributed by atoms with Crippen LogP contribution in [0.5, 0.6) is 0 Å². The lowest BCUT2D eigenvalue weighted by Crippen LogP contribution is -2.45. The summed E-state index contributed by atoms with van der Waals surface area (Å²) in [6, 6.07) is 0. The highest BCUT2D eigenvalue weighted by atomic mass is 32.1. The number of aliphatic hydroxyl groups is 2. The molecule has 172 valence electrons. The molecule has 0 radical (unpaired) electrons. The molecule has 2 heterocycles. The number of nitrogens with zero attached hydrogens (tertiary/aromatic N) is 1. The Bertz CT molecular complexity index is 841. The zero-order valence-corrected chi connectivity index (χ0v) is 20.1. The second kappa shape index (κ2) is 10.7. The lowest BCUT2D eigenvalue weighted by atomic mass is 9.73. The first-order valence-corrected chi connectivity index (χ1v) is 11.7. The summed E-state index contributed by atoms with van der Waals surface area (Å²) in [5, 5.41) is 24.1. The number of aryl methyl sites for hydroxylation is 1. The van der Waals surface area contributed by atoms with Gasteiger partial charge >= 0.3 is 5.97 Å². The number of Topliss-reactive ketones (excluding diaryl/α,β-unsaturated/α-hetero) is 1. The average molecular weight is 450 g/mol. The maximum absolute atomic E-state index is 13.1. The molecule has 0 bridgehead atoms. The fourth-order valence-electron chi connectivity index (χ4n) is 3.71. The Kier molecular flexibility index (Phi) is 8.74. The molecule has 0 saturated heterocycles. The van der Waals surface area contributed by atoms with Crippen molar-refractivity contribution >= 4 is 23.1 Å². The van der Waals surface area contributed by atoms with Crippen LogP contribution in [0, 0.1) is 24.2 Å². The monoisotopic (exact) mass is 449 g/mol. The predicted octanol–water partition coefficient (Wildman–Crippen LogP) is 4.31. The number of allylic oxidation sites excluding steroid dienone is 2. The summed E-state index contributed by atoms with van der Waals surface area (Å²) in [5.41, 5.74) is 0.582. The van der Waals surface area contributed by atoms with Gasteiger partial charge in [0.2, 0.25) is 0 Å². The van der Waals surface area contributed by atoms with Crippen molar-refractivity contribution in [2.24, 2.45) is 17.3 Å². The van der Waals surface area contributed by atoms with E-state index in [4.69, 9.17) is 4.74 Å². The number of aromatic nitrogens is 1. The van der Waals surface area contributed by atoms with Crippen molar-refractivity contribution in [1.82, 2.24) is 4.98 Å². The van der Waals surface area contributed by atoms with E-state index in [0.29, 0.717) is 18.5 Å². The molecule has 0 aromatic carbocycles. The van der Waals surface area contributed by atoms with E-state index < -0.39 is 35.6 Å². The van der Waals surface area contributed by atoms with E-state index in [2.05, 4.69) is 4.98 Å². The number of hydrogen-bond acceptors (Lipinski definition) is 7. The Labute approximate surface area is 189 Å². The summed E-state index contributed by atoms with van der Waals surface area (Å²) in [6.07, 6.45) is 4.14. The summed E-state index contributed by atoms with van der Waals surface area (Å²) in [4.78, 5) is 30.2. The molecule has 0 unspecified atom stereocenters. The molecule has 5 atom stereocenters. The van der Waals surface area contributed by atoms with Crippen LogP contribution in [0.2, 0.25) is 0 Å². The quantitative estimate of drug-likeness (QED) is 0.490. The number of carbonyl (C=O) groups excluding carboxylic acids is 2. The summed E-state index contributed by atoms with van der Waals surface area (Å²) in [7, 11) is 0. The van der Waals surface area contributed by atoms with Crippen molar-refractivity contribution in [2.75, 3.05) is 0 Å². The summed E-state index contributed by atoms with van der Waals surface area (Å²) in [6.45, 7) is 10.6. The van der Waals surface area contributed by atoms with Gasteiger partial charge in [0, 0.05) is 23.6 Å². The van der Waals surface area contributed by atoms with Gasteiger partial charge in [-0.3, -0.25) is 9.59 Å². The second-order valence-corrected chi connectivity index (χ2v) is 10.2. The minimum atomic E-state index is -1.23. The Morgan fingerprint density at radius 3 is 2.48 bits per heavy atom. The number of hydrogen-bond donors (Lipinski definition) is 2. The molecule has 6 nitrogen and oxygen atoms in total. The van der Waals surface area contributed by atoms with Crippen LogP contribution in [0.4, 0.5) is 0 Å². The molecule has 0 aliphatic carbocycles. The highest BCUT2D eigenvalue weighted by Crippen LogP contribution is 2.32. The van der Waals surface area contributed by atoms with E-state index in [1.54, 1.807) is 20.8 Å². The Hall–Kier alpha value is -1.83. The standard InChI is InChI=1S/C24H35NO5S/c1-14-8-7-9-15(2)22(28)16(3)23(29)24(5,6)20(26)12-21(27)30-19(11-10-14)18-13-31-17(4)25-18/h7,9-10,13,15-16,19-20,22,26,28H,8,11-12H2,1-6H3/b9-7-,14-10-/t15-,16-,19+,20-,22-/m1/s1. The fraction of sp³-hybridized carbons (Fsp3) is 0.625. The number of ketones is 1. The van der Waals surface area contributed by atoms with Gasteiger partial charge in [-0.1, -0.05) is 51.5 Å². The van der Waals surface area contributed by atoms with Crippen molar-refractivity contribution in [3.05, 3.63) is 39.9 Å². The van der Waals surface area contributed by atoms with Crippen molar-refractivity contribution in [1.29, 1.82) is 0 Å². The van der Waals surface area contributed by atoms with Gasteiger partial charge in [-0.15, -0.1) is 11.3 Å². The first kappa shape index (κ1) is 25.4. The fourth-order valence-corrected chi connectivity index (χ4v) is 4.37. The highest BCUT2D eigenvalue weighted by molar-refractivity contribution is 7.09. The van der Waals surface area contributed by atoms with E-state index in [-0.39, 0.29) is 18.1 Å². The Morgan fingerprint density at radius 2 is 1.87 bits per heavy atom. The predicted molar refractivity (Wildman–Crippen MR) is 122 cm³/mol. The van der Waals surface area contributed by atoms with Gasteiger partial charge < -0.3 is 14.9 Å². The van der Waals surface area contributed by atoms with E-state index >= 15 is 0 Å². The molecule has 1 aromatic heterocycles. The third-order valence-electron chi connectivity index (χ3n) is 6.09. The molecule has 0 fully saturated rings. The van der Waals surface area contributed by atoms with Gasteiger partial charge in [-0.25, -0.2) is 4.98 Å². The third kappa shape index (κ3) is 6.57. The molecule has 31 heavy (non-hydrogen) atoms. The lowest BCUT2D eigenvalue weighted by molar-refractivity contribution is -0.156. The molecule has 0 amide bonds. The number of carbonyl (C=O) groups is 2. The normalized spacial score (nSPS) is 33.9. The SMILES string of the molecule is C/C1=C/C[C@@H](c2csc(C)n2)OC(=O)C[C@@H](O)C(C)(C)C(=O)[C@H](C)[C@H](O)[C@H](C)/C=C\C1. The highest BCUT2D eigenvalue weighted by Gasteiger charge is 2.42. The molecule has 2 rings (SSSR count). The van der Waals surface area contributed by atoms with Crippen molar-refractivity contribution in [2.45, 2.75) is 79.1 Å². The molecule has 0 saturated carbocycles. The average Bonchev–Trinajstić information content (AvgIpc) is 3.14. The first-order valence-electron chi connectivity index (χ1n) is 10.8. The van der Waals surface area contributed by atoms with Gasteiger partial charge in [0.25, 0.3) is 0 Å². The summed E-state index contributed by atoms with van der Waals surface area (Å²) < 4.78 is 5.68. The molecular weight excluding hydrogens is 414 g/mol.